The van der Waals surface area contributed by atoms with Crippen molar-refractivity contribution in [3.8, 4) is 0 Å². The van der Waals surface area contributed by atoms with Gasteiger partial charge >= 0.3 is 0 Å². The highest BCUT2D eigenvalue weighted by molar-refractivity contribution is 7.71. The number of rotatable bonds is 3. The molecule has 0 atom stereocenters. The molecule has 86 valence electrons. The quantitative estimate of drug-likeness (QED) is 0.666. The number of benzene rings is 1. The minimum absolute atomic E-state index is 0.480. The maximum absolute atomic E-state index is 4.98. The van der Waals surface area contributed by atoms with Crippen molar-refractivity contribution in [1.29, 1.82) is 0 Å². The van der Waals surface area contributed by atoms with Crippen LogP contribution >= 0.6 is 12.2 Å². The fourth-order valence-electron chi connectivity index (χ4n) is 1.33. The van der Waals surface area contributed by atoms with E-state index in [2.05, 4.69) is 15.3 Å². The molecule has 2 rings (SSSR count). The lowest BCUT2D eigenvalue weighted by molar-refractivity contribution is 0.862. The van der Waals surface area contributed by atoms with Gasteiger partial charge < -0.3 is 0 Å². The van der Waals surface area contributed by atoms with Crippen LogP contribution in [-0.2, 0) is 0 Å². The molecular weight excluding hydrogens is 232 g/mol. The molecule has 1 N–H and O–H groups in total. The average molecular weight is 244 g/mol. The van der Waals surface area contributed by atoms with Gasteiger partial charge in [-0.05, 0) is 30.3 Å². The number of nitrogens with zero attached hydrogens (tertiary/aromatic N) is 3. The van der Waals surface area contributed by atoms with Gasteiger partial charge in [-0.2, -0.15) is 14.9 Å². The van der Waals surface area contributed by atoms with Gasteiger partial charge in [0.05, 0.1) is 6.21 Å². The molecule has 0 aliphatic rings. The Morgan fingerprint density at radius 3 is 2.82 bits per heavy atom. The maximum atomic E-state index is 4.98. The average Bonchev–Trinajstić information content (AvgIpc) is 2.74. The minimum atomic E-state index is 0.480. The summed E-state index contributed by atoms with van der Waals surface area (Å²) in [5.41, 5.74) is 2.19. The Kier molecular flexibility index (Phi) is 3.62. The third-order valence-electron chi connectivity index (χ3n) is 2.12. The second-order valence-electron chi connectivity index (χ2n) is 3.55. The summed E-state index contributed by atoms with van der Waals surface area (Å²) in [4.78, 5) is 0. The van der Waals surface area contributed by atoms with Crippen molar-refractivity contribution in [3.63, 3.8) is 0 Å². The van der Waals surface area contributed by atoms with Crippen LogP contribution in [0, 0.1) is 4.77 Å². The van der Waals surface area contributed by atoms with Crippen LogP contribution in [0.1, 0.15) is 12.5 Å². The van der Waals surface area contributed by atoms with E-state index < -0.39 is 0 Å². The zero-order valence-corrected chi connectivity index (χ0v) is 10.2. The fourth-order valence-corrected chi connectivity index (χ4v) is 1.47. The van der Waals surface area contributed by atoms with Crippen LogP contribution in [0.3, 0.4) is 0 Å². The monoisotopic (exact) mass is 244 g/mol. The van der Waals surface area contributed by atoms with Crippen molar-refractivity contribution >= 4 is 24.5 Å². The van der Waals surface area contributed by atoms with Crippen molar-refractivity contribution < 1.29 is 0 Å². The Bertz CT molecular complexity index is 592. The van der Waals surface area contributed by atoms with E-state index in [1.165, 1.54) is 11.0 Å². The van der Waals surface area contributed by atoms with Crippen molar-refractivity contribution in [2.24, 2.45) is 5.10 Å². The number of hydrogen-bond donors (Lipinski definition) is 1. The van der Waals surface area contributed by atoms with E-state index in [1.807, 2.05) is 43.3 Å². The predicted octanol–water partition coefficient (Wildman–Crippen LogP) is 2.88. The van der Waals surface area contributed by atoms with Crippen LogP contribution in [0.5, 0.6) is 0 Å². The molecule has 0 radical (unpaired) electrons. The van der Waals surface area contributed by atoms with Gasteiger partial charge in [-0.25, -0.2) is 0 Å². The van der Waals surface area contributed by atoms with E-state index in [1.54, 1.807) is 6.21 Å². The molecule has 0 bridgehead atoms. The van der Waals surface area contributed by atoms with E-state index in [9.17, 15) is 0 Å². The molecule has 0 aliphatic carbocycles. The van der Waals surface area contributed by atoms with Gasteiger partial charge in [0.15, 0.2) is 0 Å². The molecule has 5 heteroatoms. The third kappa shape index (κ3) is 3.22. The lowest BCUT2D eigenvalue weighted by Crippen LogP contribution is -1.88. The lowest BCUT2D eigenvalue weighted by atomic mass is 10.1. The predicted molar refractivity (Wildman–Crippen MR) is 71.4 cm³/mol. The van der Waals surface area contributed by atoms with Crippen molar-refractivity contribution in [2.45, 2.75) is 6.92 Å². The normalized spacial score (nSPS) is 12.2. The first-order valence-corrected chi connectivity index (χ1v) is 5.56. The van der Waals surface area contributed by atoms with Gasteiger partial charge in [-0.1, -0.05) is 36.4 Å². The first-order chi connectivity index (χ1) is 8.25. The Labute approximate surface area is 104 Å². The second kappa shape index (κ2) is 5.36. The molecule has 0 fully saturated rings. The van der Waals surface area contributed by atoms with Gasteiger partial charge in [0.2, 0.25) is 4.77 Å². The molecule has 2 aromatic rings. The summed E-state index contributed by atoms with van der Waals surface area (Å²) in [6, 6.07) is 10.1. The molecule has 0 saturated carbocycles. The summed E-state index contributed by atoms with van der Waals surface area (Å²) in [6.45, 7) is 1.99. The number of H-pyrrole nitrogens is 1. The molecule has 0 aliphatic heterocycles. The molecular formula is C12H12N4S. The molecule has 0 amide bonds. The number of nitrogens with one attached hydrogen (secondary N) is 1. The van der Waals surface area contributed by atoms with Crippen LogP contribution in [0.2, 0.25) is 0 Å². The van der Waals surface area contributed by atoms with Crippen molar-refractivity contribution in [3.05, 3.63) is 52.6 Å². The molecule has 17 heavy (non-hydrogen) atoms. The molecule has 0 spiro atoms. The lowest BCUT2D eigenvalue weighted by Gasteiger charge is -1.94. The highest BCUT2D eigenvalue weighted by Crippen LogP contribution is 2.04. The zero-order chi connectivity index (χ0) is 12.1. The SMILES string of the molecule is CC(/C=N\n1cn[nH]c1=S)=C/c1ccccc1. The van der Waals surface area contributed by atoms with Crippen LogP contribution in [0.4, 0.5) is 0 Å². The van der Waals surface area contributed by atoms with Gasteiger partial charge in [0, 0.05) is 0 Å². The van der Waals surface area contributed by atoms with Crippen molar-refractivity contribution in [1.82, 2.24) is 14.9 Å². The van der Waals surface area contributed by atoms with Gasteiger partial charge in [0.1, 0.15) is 6.33 Å². The molecule has 0 unspecified atom stereocenters. The number of allylic oxidation sites excluding steroid dienone is 1. The second-order valence-corrected chi connectivity index (χ2v) is 3.94. The Morgan fingerprint density at radius 1 is 1.41 bits per heavy atom. The molecule has 1 aromatic heterocycles. The summed E-state index contributed by atoms with van der Waals surface area (Å²) in [7, 11) is 0. The Hall–Kier alpha value is -2.01. The fraction of sp³-hybridized carbons (Fsp3) is 0.0833. The number of hydrogen-bond acceptors (Lipinski definition) is 3. The summed E-state index contributed by atoms with van der Waals surface area (Å²) in [5.74, 6) is 0. The Morgan fingerprint density at radius 2 is 2.18 bits per heavy atom. The van der Waals surface area contributed by atoms with Crippen LogP contribution in [0.25, 0.3) is 6.08 Å². The van der Waals surface area contributed by atoms with Crippen LogP contribution < -0.4 is 0 Å². The summed E-state index contributed by atoms with van der Waals surface area (Å²) in [6.07, 6.45) is 5.33. The topological polar surface area (TPSA) is 46.0 Å². The molecule has 4 nitrogen and oxygen atoms in total. The molecule has 1 heterocycles. The summed E-state index contributed by atoms with van der Waals surface area (Å²) >= 11 is 4.98. The largest absolute Gasteiger partial charge is 0.250 e. The highest BCUT2D eigenvalue weighted by Gasteiger charge is 1.90. The van der Waals surface area contributed by atoms with Crippen LogP contribution in [0.15, 0.2) is 47.3 Å². The van der Waals surface area contributed by atoms with E-state index in [0.717, 1.165) is 11.1 Å². The highest BCUT2D eigenvalue weighted by atomic mass is 32.1. The van der Waals surface area contributed by atoms with Gasteiger partial charge in [-0.15, -0.1) is 0 Å². The van der Waals surface area contributed by atoms with Crippen LogP contribution in [-0.4, -0.2) is 21.1 Å². The maximum Gasteiger partial charge on any atom is 0.216 e. The van der Waals surface area contributed by atoms with E-state index >= 15 is 0 Å². The smallest absolute Gasteiger partial charge is 0.216 e. The first kappa shape index (κ1) is 11.5. The third-order valence-corrected chi connectivity index (χ3v) is 2.39. The summed E-state index contributed by atoms with van der Waals surface area (Å²) in [5, 5.41) is 10.6. The van der Waals surface area contributed by atoms with E-state index in [-0.39, 0.29) is 0 Å². The van der Waals surface area contributed by atoms with E-state index in [0.29, 0.717) is 4.77 Å². The van der Waals surface area contributed by atoms with Gasteiger partial charge in [-0.3, -0.25) is 5.10 Å². The number of aromatic amines is 1. The minimum Gasteiger partial charge on any atom is -0.250 e. The molecule has 1 aromatic carbocycles. The van der Waals surface area contributed by atoms with E-state index in [4.69, 9.17) is 12.2 Å². The molecule has 0 saturated heterocycles. The standard InChI is InChI=1S/C12H12N4S/c1-10(7-11-5-3-2-4-6-11)8-14-16-9-13-15-12(16)17/h2-9H,1H3,(H,15,17)/b10-7-,14-8-. The zero-order valence-electron chi connectivity index (χ0n) is 9.37. The summed E-state index contributed by atoms with van der Waals surface area (Å²) < 4.78 is 1.99. The van der Waals surface area contributed by atoms with Gasteiger partial charge in [0.25, 0.3) is 0 Å². The first-order valence-electron chi connectivity index (χ1n) is 5.15. The number of aromatic nitrogens is 3. The Balaban J connectivity index is 2.15. The van der Waals surface area contributed by atoms with Crippen molar-refractivity contribution in [2.75, 3.05) is 0 Å².